The zero-order valence-corrected chi connectivity index (χ0v) is 14.9. The van der Waals surface area contributed by atoms with Gasteiger partial charge in [0, 0.05) is 12.5 Å². The average molecular weight is 342 g/mol. The molecule has 1 heterocycles. The van der Waals surface area contributed by atoms with Gasteiger partial charge < -0.3 is 15.7 Å². The highest BCUT2D eigenvalue weighted by atomic mass is 16.3. The maximum Gasteiger partial charge on any atom is 0.256 e. The molecule has 1 saturated heterocycles. The van der Waals surface area contributed by atoms with Crippen molar-refractivity contribution in [3.63, 3.8) is 0 Å². The Bertz CT molecular complexity index is 587. The quantitative estimate of drug-likeness (QED) is 0.720. The Morgan fingerprint density at radius 1 is 1.08 bits per heavy atom. The predicted molar refractivity (Wildman–Crippen MR) is 97.9 cm³/mol. The summed E-state index contributed by atoms with van der Waals surface area (Å²) < 4.78 is 0. The molecule has 1 aromatic rings. The van der Waals surface area contributed by atoms with E-state index in [1.807, 2.05) is 30.3 Å². The molecule has 25 heavy (non-hydrogen) atoms. The molecule has 4 atom stereocenters. The second kappa shape index (κ2) is 7.08. The van der Waals surface area contributed by atoms with E-state index in [-0.39, 0.29) is 11.8 Å². The van der Waals surface area contributed by atoms with Gasteiger partial charge in [-0.2, -0.15) is 0 Å². The van der Waals surface area contributed by atoms with Crippen molar-refractivity contribution in [2.75, 3.05) is 19.6 Å². The highest BCUT2D eigenvalue weighted by Gasteiger charge is 2.53. The minimum Gasteiger partial charge on any atom is -0.375 e. The average Bonchev–Trinajstić information content (AvgIpc) is 3.22. The molecule has 2 unspecified atom stereocenters. The Morgan fingerprint density at radius 3 is 2.36 bits per heavy atom. The van der Waals surface area contributed by atoms with Crippen molar-refractivity contribution in [1.82, 2.24) is 10.6 Å². The monoisotopic (exact) mass is 342 g/mol. The fourth-order valence-corrected chi connectivity index (χ4v) is 5.14. The van der Waals surface area contributed by atoms with Gasteiger partial charge in [0.1, 0.15) is 0 Å². The zero-order valence-electron chi connectivity index (χ0n) is 14.9. The van der Waals surface area contributed by atoms with Crippen LogP contribution in [-0.2, 0) is 10.4 Å². The summed E-state index contributed by atoms with van der Waals surface area (Å²) in [6.07, 6.45) is 6.48. The van der Waals surface area contributed by atoms with E-state index in [1.165, 1.54) is 12.8 Å². The second-order valence-electron chi connectivity index (χ2n) is 8.18. The predicted octanol–water partition coefficient (Wildman–Crippen LogP) is 2.43. The SMILES string of the molecule is O=C(NCC1[C@H]2CNC[C@@H]12)C(O)(c1ccccc1)C1CCCCCC1. The number of rotatable bonds is 5. The summed E-state index contributed by atoms with van der Waals surface area (Å²) in [5, 5.41) is 18.1. The molecule has 4 rings (SSSR count). The number of piperidine rings is 1. The van der Waals surface area contributed by atoms with Crippen molar-refractivity contribution in [3.8, 4) is 0 Å². The fourth-order valence-electron chi connectivity index (χ4n) is 5.14. The Balaban J connectivity index is 1.50. The first kappa shape index (κ1) is 17.0. The standard InChI is InChI=1S/C21H30N2O2/c24-20(23-14-19-17-12-22-13-18(17)19)21(25,16-10-6-3-7-11-16)15-8-4-1-2-5-9-15/h3,6-7,10-11,15,17-19,22,25H,1-2,4-5,8-9,12-14H2,(H,23,24)/t17-,18+,19?,21?. The summed E-state index contributed by atoms with van der Waals surface area (Å²) in [7, 11) is 0. The minimum absolute atomic E-state index is 0.0118. The van der Waals surface area contributed by atoms with Crippen LogP contribution >= 0.6 is 0 Å². The highest BCUT2D eigenvalue weighted by Crippen LogP contribution is 2.48. The minimum atomic E-state index is -1.39. The van der Waals surface area contributed by atoms with Crippen LogP contribution < -0.4 is 10.6 Å². The third kappa shape index (κ3) is 3.22. The Labute approximate surface area is 150 Å². The van der Waals surface area contributed by atoms with Crippen molar-refractivity contribution >= 4 is 5.91 Å². The van der Waals surface area contributed by atoms with Gasteiger partial charge in [-0.15, -0.1) is 0 Å². The molecule has 4 heteroatoms. The summed E-state index contributed by atoms with van der Waals surface area (Å²) in [6, 6.07) is 9.58. The van der Waals surface area contributed by atoms with Gasteiger partial charge >= 0.3 is 0 Å². The molecule has 3 N–H and O–H groups in total. The summed E-state index contributed by atoms with van der Waals surface area (Å²) in [6.45, 7) is 2.87. The van der Waals surface area contributed by atoms with Gasteiger partial charge in [0.25, 0.3) is 5.91 Å². The molecule has 0 bridgehead atoms. The first-order chi connectivity index (χ1) is 12.2. The van der Waals surface area contributed by atoms with Gasteiger partial charge in [0.15, 0.2) is 5.60 Å². The van der Waals surface area contributed by atoms with Gasteiger partial charge in [-0.25, -0.2) is 0 Å². The number of carbonyl (C=O) groups is 1. The van der Waals surface area contributed by atoms with E-state index in [2.05, 4.69) is 10.6 Å². The van der Waals surface area contributed by atoms with Gasteiger partial charge in [-0.3, -0.25) is 4.79 Å². The van der Waals surface area contributed by atoms with E-state index in [1.54, 1.807) is 0 Å². The summed E-state index contributed by atoms with van der Waals surface area (Å²) >= 11 is 0. The number of aliphatic hydroxyl groups is 1. The van der Waals surface area contributed by atoms with Crippen LogP contribution in [0.5, 0.6) is 0 Å². The van der Waals surface area contributed by atoms with Crippen molar-refractivity contribution in [1.29, 1.82) is 0 Å². The van der Waals surface area contributed by atoms with Gasteiger partial charge in [0.05, 0.1) is 0 Å². The van der Waals surface area contributed by atoms with Gasteiger partial charge in [0.2, 0.25) is 0 Å². The molecule has 4 nitrogen and oxygen atoms in total. The fraction of sp³-hybridized carbons (Fsp3) is 0.667. The van der Waals surface area contributed by atoms with E-state index in [9.17, 15) is 9.90 Å². The maximum absolute atomic E-state index is 13.2. The largest absolute Gasteiger partial charge is 0.375 e. The summed E-state index contributed by atoms with van der Waals surface area (Å²) in [5.41, 5.74) is -0.648. The van der Waals surface area contributed by atoms with E-state index < -0.39 is 5.60 Å². The van der Waals surface area contributed by atoms with Crippen molar-refractivity contribution in [3.05, 3.63) is 35.9 Å². The molecule has 136 valence electrons. The number of amides is 1. The van der Waals surface area contributed by atoms with Crippen LogP contribution in [0.1, 0.15) is 44.1 Å². The van der Waals surface area contributed by atoms with Crippen LogP contribution in [0, 0.1) is 23.7 Å². The molecule has 0 aromatic heterocycles. The lowest BCUT2D eigenvalue weighted by atomic mass is 9.76. The molecule has 1 amide bonds. The number of nitrogens with one attached hydrogen (secondary N) is 2. The lowest BCUT2D eigenvalue weighted by molar-refractivity contribution is -0.148. The van der Waals surface area contributed by atoms with Crippen molar-refractivity contribution < 1.29 is 9.90 Å². The molecule has 0 spiro atoms. The number of hydrogen-bond acceptors (Lipinski definition) is 3. The third-order valence-corrected chi connectivity index (χ3v) is 6.77. The van der Waals surface area contributed by atoms with Crippen LogP contribution in [0.15, 0.2) is 30.3 Å². The van der Waals surface area contributed by atoms with Gasteiger partial charge in [-0.1, -0.05) is 56.0 Å². The first-order valence-electron chi connectivity index (χ1n) is 9.98. The van der Waals surface area contributed by atoms with Crippen LogP contribution in [0.4, 0.5) is 0 Å². The van der Waals surface area contributed by atoms with Crippen molar-refractivity contribution in [2.45, 2.75) is 44.1 Å². The summed E-state index contributed by atoms with van der Waals surface area (Å²) in [5.74, 6) is 1.87. The van der Waals surface area contributed by atoms with Crippen LogP contribution in [0.3, 0.4) is 0 Å². The third-order valence-electron chi connectivity index (χ3n) is 6.77. The van der Waals surface area contributed by atoms with Crippen LogP contribution in [0.2, 0.25) is 0 Å². The molecule has 0 radical (unpaired) electrons. The Kier molecular flexibility index (Phi) is 4.83. The first-order valence-corrected chi connectivity index (χ1v) is 9.98. The molecule has 1 aliphatic heterocycles. The smallest absolute Gasteiger partial charge is 0.256 e. The number of hydrogen-bond donors (Lipinski definition) is 3. The lowest BCUT2D eigenvalue weighted by Gasteiger charge is -2.35. The normalized spacial score (nSPS) is 31.6. The molecule has 2 saturated carbocycles. The number of fused-ring (bicyclic) bond motifs is 1. The van der Waals surface area contributed by atoms with E-state index in [0.29, 0.717) is 12.5 Å². The van der Waals surface area contributed by atoms with Gasteiger partial charge in [-0.05, 0) is 49.2 Å². The van der Waals surface area contributed by atoms with E-state index >= 15 is 0 Å². The number of carbonyl (C=O) groups excluding carboxylic acids is 1. The zero-order chi connectivity index (χ0) is 17.3. The van der Waals surface area contributed by atoms with E-state index in [4.69, 9.17) is 0 Å². The van der Waals surface area contributed by atoms with Crippen molar-refractivity contribution in [2.24, 2.45) is 23.7 Å². The molecule has 3 aliphatic rings. The van der Waals surface area contributed by atoms with E-state index in [0.717, 1.165) is 56.2 Å². The molecule has 2 aliphatic carbocycles. The van der Waals surface area contributed by atoms with Crippen LogP contribution in [0.25, 0.3) is 0 Å². The highest BCUT2D eigenvalue weighted by molar-refractivity contribution is 5.86. The second-order valence-corrected chi connectivity index (χ2v) is 8.18. The Hall–Kier alpha value is -1.39. The number of benzene rings is 1. The molecule has 1 aromatic carbocycles. The maximum atomic E-state index is 13.2. The molecular formula is C21H30N2O2. The summed E-state index contributed by atoms with van der Waals surface area (Å²) in [4.78, 5) is 13.2. The van der Waals surface area contributed by atoms with Crippen LogP contribution in [-0.4, -0.2) is 30.6 Å². The lowest BCUT2D eigenvalue weighted by Crippen LogP contribution is -2.50. The Morgan fingerprint density at radius 2 is 1.72 bits per heavy atom. The molecule has 3 fully saturated rings. The molecular weight excluding hydrogens is 312 g/mol. The topological polar surface area (TPSA) is 61.4 Å².